The van der Waals surface area contributed by atoms with Gasteiger partial charge in [0, 0.05) is 0 Å². The minimum atomic E-state index is -0.300. The fourth-order valence-corrected chi connectivity index (χ4v) is 2.42. The highest BCUT2D eigenvalue weighted by atomic mass is 16.3. The van der Waals surface area contributed by atoms with Gasteiger partial charge in [-0.05, 0) is 55.2 Å². The van der Waals surface area contributed by atoms with Crippen LogP contribution in [-0.2, 0) is 12.8 Å². The van der Waals surface area contributed by atoms with Crippen molar-refractivity contribution in [2.24, 2.45) is 0 Å². The summed E-state index contributed by atoms with van der Waals surface area (Å²) in [6.45, 7) is 3.70. The highest BCUT2D eigenvalue weighted by Gasteiger charge is 2.13. The first-order valence-corrected chi connectivity index (χ1v) is 6.22. The number of fused-ring (bicyclic) bond motifs is 1. The predicted octanol–water partition coefficient (Wildman–Crippen LogP) is 3.57. The molecule has 1 aliphatic rings. The van der Waals surface area contributed by atoms with Crippen molar-refractivity contribution in [2.45, 2.75) is 44.6 Å². The van der Waals surface area contributed by atoms with Gasteiger partial charge in [0.15, 0.2) is 0 Å². The third kappa shape index (κ3) is 2.53. The fraction of sp³-hybridized carbons (Fsp3) is 0.467. The summed E-state index contributed by atoms with van der Waals surface area (Å²) in [6, 6.07) is 6.47. The van der Waals surface area contributed by atoms with Crippen molar-refractivity contribution in [3.8, 4) is 0 Å². The van der Waals surface area contributed by atoms with Crippen molar-refractivity contribution < 1.29 is 5.11 Å². The molecule has 0 aromatic heterocycles. The highest BCUT2D eigenvalue weighted by Crippen LogP contribution is 2.27. The van der Waals surface area contributed by atoms with Gasteiger partial charge in [0.1, 0.15) is 0 Å². The number of allylic oxidation sites excluding steroid dienone is 1. The van der Waals surface area contributed by atoms with Crippen molar-refractivity contribution >= 4 is 0 Å². The summed E-state index contributed by atoms with van der Waals surface area (Å²) in [4.78, 5) is 0. The molecule has 1 aromatic rings. The number of aliphatic hydroxyl groups excluding tert-OH is 1. The molecule has 2 rings (SSSR count). The standard InChI is InChI=1S/C15H20O/c1-2-3-4-8-15(16)14-10-9-12-6-5-7-13(12)11-14/h2,9-11,15-16H,1,3-8H2. The molecule has 0 aliphatic heterocycles. The number of hydrogen-bond donors (Lipinski definition) is 1. The van der Waals surface area contributed by atoms with Crippen LogP contribution in [-0.4, -0.2) is 5.11 Å². The molecule has 0 saturated carbocycles. The average Bonchev–Trinajstić information content (AvgIpc) is 2.76. The minimum Gasteiger partial charge on any atom is -0.388 e. The lowest BCUT2D eigenvalue weighted by Gasteiger charge is -2.12. The van der Waals surface area contributed by atoms with E-state index < -0.39 is 0 Å². The number of rotatable bonds is 5. The summed E-state index contributed by atoms with van der Waals surface area (Å²) in [5.41, 5.74) is 4.01. The number of aliphatic hydroxyl groups is 1. The molecule has 1 heteroatoms. The zero-order chi connectivity index (χ0) is 11.4. The van der Waals surface area contributed by atoms with Crippen LogP contribution in [0.2, 0.25) is 0 Å². The van der Waals surface area contributed by atoms with Crippen LogP contribution in [0.4, 0.5) is 0 Å². The summed E-state index contributed by atoms with van der Waals surface area (Å²) in [6.07, 6.45) is 8.12. The molecule has 0 heterocycles. The second-order valence-corrected chi connectivity index (χ2v) is 4.62. The molecule has 1 N–H and O–H groups in total. The second-order valence-electron chi connectivity index (χ2n) is 4.62. The van der Waals surface area contributed by atoms with Crippen LogP contribution in [0, 0.1) is 0 Å². The molecule has 86 valence electrons. The molecule has 0 saturated heterocycles. The molecule has 16 heavy (non-hydrogen) atoms. The summed E-state index contributed by atoms with van der Waals surface area (Å²) in [5, 5.41) is 10.0. The van der Waals surface area contributed by atoms with Gasteiger partial charge in [0.2, 0.25) is 0 Å². The Morgan fingerprint density at radius 2 is 2.12 bits per heavy atom. The minimum absolute atomic E-state index is 0.300. The van der Waals surface area contributed by atoms with Crippen LogP contribution < -0.4 is 0 Å². The van der Waals surface area contributed by atoms with Crippen LogP contribution in [0.25, 0.3) is 0 Å². The zero-order valence-corrected chi connectivity index (χ0v) is 9.78. The molecule has 1 aliphatic carbocycles. The van der Waals surface area contributed by atoms with Gasteiger partial charge in [-0.15, -0.1) is 6.58 Å². The van der Waals surface area contributed by atoms with Gasteiger partial charge in [0.25, 0.3) is 0 Å². The molecule has 1 atom stereocenters. The maximum atomic E-state index is 10.0. The molecule has 0 spiro atoms. The Balaban J connectivity index is 2.00. The summed E-state index contributed by atoms with van der Waals surface area (Å²) < 4.78 is 0. The van der Waals surface area contributed by atoms with Crippen LogP contribution in [0.5, 0.6) is 0 Å². The summed E-state index contributed by atoms with van der Waals surface area (Å²) in [7, 11) is 0. The van der Waals surface area contributed by atoms with E-state index in [2.05, 4.69) is 24.8 Å². The zero-order valence-electron chi connectivity index (χ0n) is 9.78. The van der Waals surface area contributed by atoms with Crippen molar-refractivity contribution in [3.05, 3.63) is 47.5 Å². The summed E-state index contributed by atoms with van der Waals surface area (Å²) >= 11 is 0. The first-order chi connectivity index (χ1) is 7.81. The Morgan fingerprint density at radius 1 is 1.31 bits per heavy atom. The molecule has 1 unspecified atom stereocenters. The van der Waals surface area contributed by atoms with Crippen molar-refractivity contribution in [1.29, 1.82) is 0 Å². The Bertz CT molecular complexity index is 368. The Labute approximate surface area is 97.8 Å². The van der Waals surface area contributed by atoms with E-state index in [0.717, 1.165) is 24.8 Å². The van der Waals surface area contributed by atoms with Gasteiger partial charge < -0.3 is 5.11 Å². The molecule has 0 fully saturated rings. The molecular formula is C15H20O. The van der Waals surface area contributed by atoms with Crippen LogP contribution in [0.15, 0.2) is 30.9 Å². The lowest BCUT2D eigenvalue weighted by atomic mass is 9.99. The van der Waals surface area contributed by atoms with Crippen LogP contribution in [0.1, 0.15) is 48.5 Å². The Hall–Kier alpha value is -1.08. The van der Waals surface area contributed by atoms with Crippen LogP contribution >= 0.6 is 0 Å². The molecular weight excluding hydrogens is 196 g/mol. The van der Waals surface area contributed by atoms with E-state index in [1.54, 1.807) is 0 Å². The SMILES string of the molecule is C=CCCCC(O)c1ccc2c(c1)CCC2. The maximum Gasteiger partial charge on any atom is 0.0790 e. The topological polar surface area (TPSA) is 20.2 Å². The van der Waals surface area contributed by atoms with E-state index in [0.29, 0.717) is 0 Å². The smallest absolute Gasteiger partial charge is 0.0790 e. The Morgan fingerprint density at radius 3 is 2.94 bits per heavy atom. The van der Waals surface area contributed by atoms with Crippen molar-refractivity contribution in [2.75, 3.05) is 0 Å². The monoisotopic (exact) mass is 216 g/mol. The van der Waals surface area contributed by atoms with E-state index in [9.17, 15) is 5.11 Å². The molecule has 1 nitrogen and oxygen atoms in total. The lowest BCUT2D eigenvalue weighted by Crippen LogP contribution is -1.98. The van der Waals surface area contributed by atoms with Crippen molar-refractivity contribution in [1.82, 2.24) is 0 Å². The number of hydrogen-bond acceptors (Lipinski definition) is 1. The normalized spacial score (nSPS) is 15.8. The third-order valence-electron chi connectivity index (χ3n) is 3.39. The fourth-order valence-electron chi connectivity index (χ4n) is 2.42. The Kier molecular flexibility index (Phi) is 3.79. The highest BCUT2D eigenvalue weighted by molar-refractivity contribution is 5.36. The van der Waals surface area contributed by atoms with E-state index in [4.69, 9.17) is 0 Å². The number of aryl methyl sites for hydroxylation is 2. The van der Waals surface area contributed by atoms with Crippen molar-refractivity contribution in [3.63, 3.8) is 0 Å². The molecule has 0 bridgehead atoms. The van der Waals surface area contributed by atoms with Gasteiger partial charge in [-0.3, -0.25) is 0 Å². The quantitative estimate of drug-likeness (QED) is 0.589. The largest absolute Gasteiger partial charge is 0.388 e. The average molecular weight is 216 g/mol. The first-order valence-electron chi connectivity index (χ1n) is 6.22. The van der Waals surface area contributed by atoms with E-state index >= 15 is 0 Å². The molecule has 1 aromatic carbocycles. The van der Waals surface area contributed by atoms with Gasteiger partial charge in [-0.25, -0.2) is 0 Å². The number of benzene rings is 1. The van der Waals surface area contributed by atoms with Crippen LogP contribution in [0.3, 0.4) is 0 Å². The molecule has 0 radical (unpaired) electrons. The summed E-state index contributed by atoms with van der Waals surface area (Å²) in [5.74, 6) is 0. The second kappa shape index (κ2) is 5.31. The van der Waals surface area contributed by atoms with Gasteiger partial charge in [-0.1, -0.05) is 24.3 Å². The third-order valence-corrected chi connectivity index (χ3v) is 3.39. The van der Waals surface area contributed by atoms with E-state index in [1.165, 1.54) is 30.4 Å². The van der Waals surface area contributed by atoms with Gasteiger partial charge in [-0.2, -0.15) is 0 Å². The van der Waals surface area contributed by atoms with Gasteiger partial charge in [0.05, 0.1) is 6.10 Å². The van der Waals surface area contributed by atoms with E-state index in [1.807, 2.05) is 6.08 Å². The predicted molar refractivity (Wildman–Crippen MR) is 67.5 cm³/mol. The maximum absolute atomic E-state index is 10.0. The first kappa shape index (κ1) is 11.4. The molecule has 0 amide bonds. The number of unbranched alkanes of at least 4 members (excludes halogenated alkanes) is 1. The lowest BCUT2D eigenvalue weighted by molar-refractivity contribution is 0.165. The van der Waals surface area contributed by atoms with E-state index in [-0.39, 0.29) is 6.10 Å². The van der Waals surface area contributed by atoms with Gasteiger partial charge >= 0.3 is 0 Å².